The van der Waals surface area contributed by atoms with Crippen LogP contribution in [0.3, 0.4) is 0 Å². The van der Waals surface area contributed by atoms with Crippen LogP contribution >= 0.6 is 0 Å². The summed E-state index contributed by atoms with van der Waals surface area (Å²) in [4.78, 5) is 63.4. The lowest BCUT2D eigenvalue weighted by Gasteiger charge is -2.46. The second-order valence-corrected chi connectivity index (χ2v) is 12.2. The lowest BCUT2D eigenvalue weighted by Crippen LogP contribution is -2.51. The minimum atomic E-state index is -0.950. The number of methoxy groups -OCH3 is 1. The highest BCUT2D eigenvalue weighted by molar-refractivity contribution is 5.97. The first kappa shape index (κ1) is 34.0. The maximum Gasteiger partial charge on any atom is 0.330 e. The molecule has 1 heterocycles. The molecule has 2 aliphatic rings. The van der Waals surface area contributed by atoms with E-state index in [2.05, 4.69) is 46.8 Å². The molecule has 2 aliphatic carbocycles. The average molecular weight is 600 g/mol. The van der Waals surface area contributed by atoms with Crippen LogP contribution in [0.25, 0.3) is 0 Å². The van der Waals surface area contributed by atoms with Crippen LogP contribution in [0.1, 0.15) is 72.1 Å². The third-order valence-electron chi connectivity index (χ3n) is 8.54. The number of unbranched alkanes of at least 4 members (excludes halogenated alkanes) is 1. The SMILES string of the molecule is CCCCNCC(=O)N[C@@H](CC/C=C/C(=O)OC)C(=O)Nc1cccn(CC(=O)NC2C(C)CC3CC(C)CC2C3)c1=O. The molecule has 1 aromatic heterocycles. The van der Waals surface area contributed by atoms with E-state index in [1.54, 1.807) is 12.1 Å². The number of nitrogens with zero attached hydrogens (tertiary/aromatic N) is 1. The third-order valence-corrected chi connectivity index (χ3v) is 8.54. The summed E-state index contributed by atoms with van der Waals surface area (Å²) in [6.07, 6.45) is 11.4. The second-order valence-electron chi connectivity index (χ2n) is 12.2. The molecule has 2 saturated carbocycles. The molecule has 238 valence electrons. The number of allylic oxidation sites excluding steroid dienone is 1. The van der Waals surface area contributed by atoms with E-state index in [-0.39, 0.29) is 43.1 Å². The van der Waals surface area contributed by atoms with Crippen molar-refractivity contribution in [2.75, 3.05) is 25.5 Å². The number of pyridine rings is 1. The molecule has 4 N–H and O–H groups in total. The summed E-state index contributed by atoms with van der Waals surface area (Å²) in [5.74, 6) is 0.574. The Hall–Kier alpha value is -3.47. The predicted molar refractivity (Wildman–Crippen MR) is 165 cm³/mol. The number of carbonyl (C=O) groups excluding carboxylic acids is 4. The van der Waals surface area contributed by atoms with E-state index < -0.39 is 23.5 Å². The van der Waals surface area contributed by atoms with Crippen LogP contribution in [0, 0.1) is 23.7 Å². The lowest BCUT2D eigenvalue weighted by molar-refractivity contribution is -0.135. The summed E-state index contributed by atoms with van der Waals surface area (Å²) in [6, 6.07) is 2.22. The van der Waals surface area contributed by atoms with Gasteiger partial charge in [-0.1, -0.05) is 33.3 Å². The molecular weight excluding hydrogens is 550 g/mol. The topological polar surface area (TPSA) is 148 Å². The number of nitrogens with one attached hydrogen (secondary N) is 4. The smallest absolute Gasteiger partial charge is 0.330 e. The summed E-state index contributed by atoms with van der Waals surface area (Å²) < 4.78 is 5.87. The van der Waals surface area contributed by atoms with Gasteiger partial charge in [0, 0.05) is 18.3 Å². The number of amides is 3. The van der Waals surface area contributed by atoms with Crippen molar-refractivity contribution < 1.29 is 23.9 Å². The van der Waals surface area contributed by atoms with Gasteiger partial charge in [-0.3, -0.25) is 19.2 Å². The number of fused-ring (bicyclic) bond motifs is 2. The lowest BCUT2D eigenvalue weighted by atomic mass is 9.63. The predicted octanol–water partition coefficient (Wildman–Crippen LogP) is 2.75. The molecule has 0 radical (unpaired) electrons. The summed E-state index contributed by atoms with van der Waals surface area (Å²) in [5.41, 5.74) is -0.494. The molecule has 0 aliphatic heterocycles. The molecule has 6 atom stereocenters. The first-order valence-electron chi connectivity index (χ1n) is 15.6. The van der Waals surface area contributed by atoms with Crippen LogP contribution in [-0.2, 0) is 30.5 Å². The first-order valence-corrected chi connectivity index (χ1v) is 15.6. The number of hydrogen-bond donors (Lipinski definition) is 4. The van der Waals surface area contributed by atoms with Gasteiger partial charge < -0.3 is 30.6 Å². The zero-order valence-corrected chi connectivity index (χ0v) is 26.0. The number of ether oxygens (including phenoxy) is 1. The van der Waals surface area contributed by atoms with E-state index >= 15 is 0 Å². The molecule has 3 amide bonds. The molecular formula is C32H49N5O6. The molecule has 1 aromatic rings. The highest BCUT2D eigenvalue weighted by Crippen LogP contribution is 2.44. The largest absolute Gasteiger partial charge is 0.466 e. The quantitative estimate of drug-likeness (QED) is 0.138. The molecule has 5 unspecified atom stereocenters. The standard InChI is InChI=1S/C32H49N5O6/c1-5-6-13-33-19-27(38)34-25(10-7-8-12-29(40)43-4)31(41)35-26-11-9-14-37(32(26)42)20-28(39)36-30-22(3)17-23-15-21(2)16-24(30)18-23/h8-9,11-12,14,21-25,30,33H,5-7,10,13,15-20H2,1-4H3,(H,34,38)(H,35,41)(H,36,39)/b12-8+/t21?,22?,23?,24?,25-,30?/m0/s1. The zero-order chi connectivity index (χ0) is 31.4. The third kappa shape index (κ3) is 10.6. The van der Waals surface area contributed by atoms with Crippen LogP contribution in [-0.4, -0.2) is 60.5 Å². The van der Waals surface area contributed by atoms with Gasteiger partial charge in [0.2, 0.25) is 17.7 Å². The number of hydrogen-bond acceptors (Lipinski definition) is 7. The molecule has 2 fully saturated rings. The van der Waals surface area contributed by atoms with E-state index in [1.807, 2.05) is 0 Å². The Morgan fingerprint density at radius 2 is 1.91 bits per heavy atom. The molecule has 2 bridgehead atoms. The van der Waals surface area contributed by atoms with Gasteiger partial charge in [0.05, 0.1) is 13.7 Å². The van der Waals surface area contributed by atoms with Crippen molar-refractivity contribution in [1.82, 2.24) is 20.5 Å². The Balaban J connectivity index is 1.64. The fraction of sp³-hybridized carbons (Fsp3) is 0.656. The second kappa shape index (κ2) is 17.0. The zero-order valence-electron chi connectivity index (χ0n) is 26.0. The van der Waals surface area contributed by atoms with Crippen LogP contribution in [0.2, 0.25) is 0 Å². The van der Waals surface area contributed by atoms with Gasteiger partial charge in [-0.2, -0.15) is 0 Å². The van der Waals surface area contributed by atoms with Gasteiger partial charge in [-0.15, -0.1) is 0 Å². The maximum absolute atomic E-state index is 13.2. The molecule has 11 heteroatoms. The monoisotopic (exact) mass is 599 g/mol. The molecule has 0 spiro atoms. The van der Waals surface area contributed by atoms with E-state index in [0.29, 0.717) is 30.7 Å². The average Bonchev–Trinajstić information content (AvgIpc) is 2.96. The molecule has 11 nitrogen and oxygen atoms in total. The first-order chi connectivity index (χ1) is 20.6. The van der Waals surface area contributed by atoms with E-state index in [9.17, 15) is 24.0 Å². The summed E-state index contributed by atoms with van der Waals surface area (Å²) in [5, 5.41) is 11.6. The fourth-order valence-corrected chi connectivity index (χ4v) is 6.58. The highest BCUT2D eigenvalue weighted by Gasteiger charge is 2.40. The van der Waals surface area contributed by atoms with E-state index in [1.165, 1.54) is 36.4 Å². The van der Waals surface area contributed by atoms with Gasteiger partial charge in [0.25, 0.3) is 5.56 Å². The molecule has 0 saturated heterocycles. The number of aromatic nitrogens is 1. The molecule has 43 heavy (non-hydrogen) atoms. The van der Waals surface area contributed by atoms with Crippen molar-refractivity contribution in [1.29, 1.82) is 0 Å². The summed E-state index contributed by atoms with van der Waals surface area (Å²) in [6.45, 7) is 7.11. The Morgan fingerprint density at radius 3 is 2.65 bits per heavy atom. The van der Waals surface area contributed by atoms with Crippen molar-refractivity contribution in [3.8, 4) is 0 Å². The van der Waals surface area contributed by atoms with E-state index in [4.69, 9.17) is 0 Å². The Labute approximate surface area is 254 Å². The normalized spacial score (nSPS) is 23.8. The van der Waals surface area contributed by atoms with E-state index in [0.717, 1.165) is 38.0 Å². The van der Waals surface area contributed by atoms with Gasteiger partial charge >= 0.3 is 5.97 Å². The Kier molecular flexibility index (Phi) is 13.4. The summed E-state index contributed by atoms with van der Waals surface area (Å²) in [7, 11) is 1.27. The van der Waals surface area contributed by atoms with Crippen molar-refractivity contribution in [3.05, 3.63) is 40.8 Å². The van der Waals surface area contributed by atoms with Crippen molar-refractivity contribution >= 4 is 29.4 Å². The van der Waals surface area contributed by atoms with Gasteiger partial charge in [-0.05, 0) is 87.3 Å². The minimum Gasteiger partial charge on any atom is -0.466 e. The molecule has 3 rings (SSSR count). The van der Waals surface area contributed by atoms with Crippen LogP contribution in [0.15, 0.2) is 35.3 Å². The van der Waals surface area contributed by atoms with Crippen molar-refractivity contribution in [2.45, 2.75) is 90.8 Å². The van der Waals surface area contributed by atoms with Crippen molar-refractivity contribution in [2.24, 2.45) is 23.7 Å². The van der Waals surface area contributed by atoms with Gasteiger partial charge in [0.1, 0.15) is 18.3 Å². The highest BCUT2D eigenvalue weighted by atomic mass is 16.5. The Morgan fingerprint density at radius 1 is 1.12 bits per heavy atom. The van der Waals surface area contributed by atoms with Gasteiger partial charge in [-0.25, -0.2) is 4.79 Å². The number of rotatable bonds is 15. The number of esters is 1. The van der Waals surface area contributed by atoms with Crippen LogP contribution < -0.4 is 26.8 Å². The van der Waals surface area contributed by atoms with Gasteiger partial charge in [0.15, 0.2) is 0 Å². The summed E-state index contributed by atoms with van der Waals surface area (Å²) >= 11 is 0. The number of carbonyl (C=O) groups is 4. The van der Waals surface area contributed by atoms with Crippen molar-refractivity contribution in [3.63, 3.8) is 0 Å². The van der Waals surface area contributed by atoms with Crippen LogP contribution in [0.5, 0.6) is 0 Å². The Bertz CT molecular complexity index is 1190. The maximum atomic E-state index is 13.2. The fourth-order valence-electron chi connectivity index (χ4n) is 6.58. The number of anilines is 1. The van der Waals surface area contributed by atoms with Crippen LogP contribution in [0.4, 0.5) is 5.69 Å². The minimum absolute atomic E-state index is 0.0145. The molecule has 0 aromatic carbocycles.